The van der Waals surface area contributed by atoms with E-state index in [1.165, 1.54) is 17.7 Å². The number of halogens is 2. The molecule has 4 rings (SSSR count). The first-order valence-electron chi connectivity index (χ1n) is 8.23. The molecule has 0 N–H and O–H groups in total. The number of aromatic nitrogens is 3. The molecule has 0 unspecified atom stereocenters. The maximum absolute atomic E-state index is 14.8. The predicted octanol–water partition coefficient (Wildman–Crippen LogP) is 4.26. The van der Waals surface area contributed by atoms with Crippen molar-refractivity contribution in [1.29, 1.82) is 0 Å². The topological polar surface area (TPSA) is 49.0 Å². The number of hydrogen-bond donors (Lipinski definition) is 0. The second-order valence-electron chi connectivity index (χ2n) is 6.09. The van der Waals surface area contributed by atoms with Gasteiger partial charge in [-0.1, -0.05) is 30.3 Å². The van der Waals surface area contributed by atoms with Crippen LogP contribution in [0.15, 0.2) is 65.7 Å². The van der Waals surface area contributed by atoms with E-state index in [0.29, 0.717) is 5.56 Å². The van der Waals surface area contributed by atoms with Crippen LogP contribution in [-0.2, 0) is 6.54 Å². The van der Waals surface area contributed by atoms with E-state index >= 15 is 0 Å². The van der Waals surface area contributed by atoms with Gasteiger partial charge in [-0.05, 0) is 23.8 Å². The van der Waals surface area contributed by atoms with Crippen molar-refractivity contribution in [3.05, 3.63) is 82.7 Å². The normalized spacial score (nSPS) is 11.1. The van der Waals surface area contributed by atoms with Crippen LogP contribution < -0.4 is 10.3 Å². The van der Waals surface area contributed by atoms with Crippen LogP contribution in [0.5, 0.6) is 5.75 Å². The Kier molecular flexibility index (Phi) is 4.69. The van der Waals surface area contributed by atoms with Crippen molar-refractivity contribution in [2.75, 3.05) is 7.11 Å². The molecule has 2 aromatic heterocycles. The van der Waals surface area contributed by atoms with Crippen molar-refractivity contribution in [2.45, 2.75) is 6.54 Å². The maximum atomic E-state index is 14.8. The number of hydrogen-bond acceptors (Lipinski definition) is 3. The van der Waals surface area contributed by atoms with Crippen LogP contribution in [0.2, 0.25) is 0 Å². The van der Waals surface area contributed by atoms with E-state index in [4.69, 9.17) is 4.74 Å². The monoisotopic (exact) mass is 475 g/mol. The molecule has 4 aromatic rings. The van der Waals surface area contributed by atoms with Gasteiger partial charge in [0.15, 0.2) is 5.75 Å². The maximum Gasteiger partial charge on any atom is 0.293 e. The highest BCUT2D eigenvalue weighted by molar-refractivity contribution is 14.1. The molecule has 5 nitrogen and oxygen atoms in total. The summed E-state index contributed by atoms with van der Waals surface area (Å²) < 4.78 is 23.1. The number of fused-ring (bicyclic) bond motifs is 1. The van der Waals surface area contributed by atoms with Crippen LogP contribution in [0.3, 0.4) is 0 Å². The minimum atomic E-state index is -0.368. The summed E-state index contributed by atoms with van der Waals surface area (Å²) in [6.07, 6.45) is 3.50. The Bertz CT molecular complexity index is 1200. The fraction of sp³-hybridized carbons (Fsp3) is 0.100. The number of ether oxygens (including phenoxy) is 1. The van der Waals surface area contributed by atoms with Crippen molar-refractivity contribution in [2.24, 2.45) is 0 Å². The molecule has 0 atom stereocenters. The lowest BCUT2D eigenvalue weighted by Crippen LogP contribution is -2.22. The number of rotatable bonds is 4. The lowest BCUT2D eigenvalue weighted by Gasteiger charge is -2.13. The van der Waals surface area contributed by atoms with Gasteiger partial charge >= 0.3 is 0 Å². The minimum Gasteiger partial charge on any atom is -0.491 e. The summed E-state index contributed by atoms with van der Waals surface area (Å²) in [5, 5.41) is 4.96. The number of methoxy groups -OCH3 is 1. The Morgan fingerprint density at radius 2 is 1.96 bits per heavy atom. The van der Waals surface area contributed by atoms with E-state index in [0.717, 1.165) is 22.0 Å². The molecular weight excluding hydrogens is 460 g/mol. The van der Waals surface area contributed by atoms with E-state index in [9.17, 15) is 9.18 Å². The van der Waals surface area contributed by atoms with Crippen molar-refractivity contribution in [3.8, 4) is 16.9 Å². The van der Waals surface area contributed by atoms with Gasteiger partial charge in [0.1, 0.15) is 5.82 Å². The fourth-order valence-electron chi connectivity index (χ4n) is 3.08. The summed E-state index contributed by atoms with van der Waals surface area (Å²) in [6, 6.07) is 14.2. The minimum absolute atomic E-state index is 0.119. The quantitative estimate of drug-likeness (QED) is 0.415. The summed E-state index contributed by atoms with van der Waals surface area (Å²) in [5.74, 6) is -0.132. The molecule has 2 heterocycles. The van der Waals surface area contributed by atoms with Gasteiger partial charge in [-0.3, -0.25) is 4.79 Å². The van der Waals surface area contributed by atoms with Gasteiger partial charge in [0.05, 0.1) is 48.2 Å². The third kappa shape index (κ3) is 3.34. The Hall–Kier alpha value is -2.68. The van der Waals surface area contributed by atoms with E-state index < -0.39 is 0 Å². The van der Waals surface area contributed by atoms with Crippen LogP contribution >= 0.6 is 22.9 Å². The molecule has 0 saturated carbocycles. The molecule has 0 aliphatic rings. The molecular formula is C20H15FIN3O2. The Morgan fingerprint density at radius 1 is 1.15 bits per heavy atom. The lowest BCUT2D eigenvalue weighted by atomic mass is 10.1. The third-order valence-electron chi connectivity index (χ3n) is 4.46. The highest BCUT2D eigenvalue weighted by Crippen LogP contribution is 2.24. The molecule has 27 heavy (non-hydrogen) atoms. The second kappa shape index (κ2) is 7.15. The molecule has 136 valence electrons. The Morgan fingerprint density at radius 3 is 2.67 bits per heavy atom. The average Bonchev–Trinajstić information content (AvgIpc) is 3.11. The van der Waals surface area contributed by atoms with Crippen LogP contribution in [0.25, 0.3) is 22.0 Å². The average molecular weight is 475 g/mol. The SMILES string of the molecule is COc1cc2ccccc2n(Cc2ccc(-c3cnn(I)c3)cc2F)c1=O. The van der Waals surface area contributed by atoms with Gasteiger partial charge < -0.3 is 9.30 Å². The van der Waals surface area contributed by atoms with Gasteiger partial charge in [-0.2, -0.15) is 5.10 Å². The first-order valence-corrected chi connectivity index (χ1v) is 9.19. The largest absolute Gasteiger partial charge is 0.491 e. The van der Waals surface area contributed by atoms with Crippen LogP contribution in [0.1, 0.15) is 5.56 Å². The zero-order chi connectivity index (χ0) is 19.0. The second-order valence-corrected chi connectivity index (χ2v) is 7.08. The molecule has 0 saturated heterocycles. The zero-order valence-corrected chi connectivity index (χ0v) is 16.6. The summed E-state index contributed by atoms with van der Waals surface area (Å²) >= 11 is 2.04. The van der Waals surface area contributed by atoms with Crippen molar-refractivity contribution in [3.63, 3.8) is 0 Å². The third-order valence-corrected chi connectivity index (χ3v) is 4.99. The first kappa shape index (κ1) is 17.7. The molecule has 0 amide bonds. The van der Waals surface area contributed by atoms with Crippen molar-refractivity contribution in [1.82, 2.24) is 12.6 Å². The number of para-hydroxylation sites is 1. The zero-order valence-electron chi connectivity index (χ0n) is 14.4. The summed E-state index contributed by atoms with van der Waals surface area (Å²) in [5.41, 5.74) is 2.45. The molecule has 0 radical (unpaired) electrons. The molecule has 7 heteroatoms. The highest BCUT2D eigenvalue weighted by Gasteiger charge is 2.13. The smallest absolute Gasteiger partial charge is 0.293 e. The van der Waals surface area contributed by atoms with Gasteiger partial charge in [-0.15, -0.1) is 0 Å². The number of nitrogens with zero attached hydrogens (tertiary/aromatic N) is 3. The molecule has 0 bridgehead atoms. The predicted molar refractivity (Wildman–Crippen MR) is 111 cm³/mol. The Labute approximate surface area is 168 Å². The summed E-state index contributed by atoms with van der Waals surface area (Å²) in [4.78, 5) is 12.7. The molecule has 0 aliphatic carbocycles. The van der Waals surface area contributed by atoms with Gasteiger partial charge in [-0.25, -0.2) is 7.29 Å². The van der Waals surface area contributed by atoms with Gasteiger partial charge in [0.25, 0.3) is 5.56 Å². The standard InChI is InChI=1S/C20H15FIN3O2/c1-27-19-9-14-4-2-3-5-18(14)24(20(19)26)11-15-7-6-13(8-17(15)21)16-10-23-25(22)12-16/h2-10,12H,11H2,1H3. The number of benzene rings is 2. The molecule has 0 fully saturated rings. The van der Waals surface area contributed by atoms with E-state index in [1.54, 1.807) is 21.2 Å². The fourth-order valence-corrected chi connectivity index (χ4v) is 3.50. The van der Waals surface area contributed by atoms with Crippen molar-refractivity contribution < 1.29 is 9.13 Å². The van der Waals surface area contributed by atoms with E-state index in [1.807, 2.05) is 59.4 Å². The molecule has 0 spiro atoms. The number of pyridine rings is 1. The van der Waals surface area contributed by atoms with Crippen molar-refractivity contribution >= 4 is 33.8 Å². The van der Waals surface area contributed by atoms with Gasteiger partial charge in [0, 0.05) is 22.7 Å². The molecule has 2 aromatic carbocycles. The molecule has 0 aliphatic heterocycles. The summed E-state index contributed by atoms with van der Waals surface area (Å²) in [7, 11) is 1.46. The van der Waals surface area contributed by atoms with E-state index in [2.05, 4.69) is 5.10 Å². The highest BCUT2D eigenvalue weighted by atomic mass is 127. The van der Waals surface area contributed by atoms with Gasteiger partial charge in [0.2, 0.25) is 0 Å². The van der Waals surface area contributed by atoms with Crippen LogP contribution in [0, 0.1) is 5.82 Å². The first-order chi connectivity index (χ1) is 13.1. The summed E-state index contributed by atoms with van der Waals surface area (Å²) in [6.45, 7) is 0.119. The van der Waals surface area contributed by atoms with E-state index in [-0.39, 0.29) is 23.7 Å². The Balaban J connectivity index is 1.78. The van der Waals surface area contributed by atoms with Crippen LogP contribution in [0.4, 0.5) is 4.39 Å². The van der Waals surface area contributed by atoms with Crippen LogP contribution in [-0.4, -0.2) is 19.7 Å². The lowest BCUT2D eigenvalue weighted by molar-refractivity contribution is 0.405.